The molecule has 0 radical (unpaired) electrons. The van der Waals surface area contributed by atoms with Gasteiger partial charge in [0.2, 0.25) is 0 Å². The molecule has 2 heteroatoms. The lowest BCUT2D eigenvalue weighted by atomic mass is 9.70. The van der Waals surface area contributed by atoms with Gasteiger partial charge in [0.15, 0.2) is 0 Å². The van der Waals surface area contributed by atoms with Crippen molar-refractivity contribution in [2.45, 2.75) is 5.41 Å². The van der Waals surface area contributed by atoms with Crippen LogP contribution in [-0.4, -0.2) is 4.98 Å². The highest BCUT2D eigenvalue weighted by atomic mass is 32.1. The van der Waals surface area contributed by atoms with Gasteiger partial charge in [-0.1, -0.05) is 176 Å². The van der Waals surface area contributed by atoms with E-state index in [0.717, 1.165) is 22.3 Å². The lowest BCUT2D eigenvalue weighted by Crippen LogP contribution is -2.25. The molecule has 0 fully saturated rings. The van der Waals surface area contributed by atoms with Crippen LogP contribution in [0.2, 0.25) is 0 Å². The minimum Gasteiger partial charge on any atom is -0.247 e. The normalized spacial score (nSPS) is 13.3. The van der Waals surface area contributed by atoms with Crippen molar-refractivity contribution in [3.05, 3.63) is 222 Å². The molecule has 0 aliphatic heterocycles. The minimum atomic E-state index is -0.386. The van der Waals surface area contributed by atoms with Crippen LogP contribution < -0.4 is 0 Å². The van der Waals surface area contributed by atoms with Gasteiger partial charge in [-0.3, -0.25) is 0 Å². The van der Waals surface area contributed by atoms with E-state index in [1.807, 2.05) is 11.3 Å². The predicted molar refractivity (Wildman–Crippen MR) is 245 cm³/mol. The molecule has 1 spiro atoms. The lowest BCUT2D eigenvalue weighted by Gasteiger charge is -2.30. The molecule has 2 heterocycles. The van der Waals surface area contributed by atoms with Crippen LogP contribution in [-0.2, 0) is 5.41 Å². The highest BCUT2D eigenvalue weighted by Crippen LogP contribution is 2.63. The van der Waals surface area contributed by atoms with Crippen LogP contribution in [0.3, 0.4) is 0 Å². The molecule has 268 valence electrons. The van der Waals surface area contributed by atoms with Crippen molar-refractivity contribution in [1.82, 2.24) is 4.98 Å². The molecule has 2 aliphatic carbocycles. The largest absolute Gasteiger partial charge is 0.247 e. The molecule has 0 saturated carbocycles. The summed E-state index contributed by atoms with van der Waals surface area (Å²) in [4.78, 5) is 5.50. The predicted octanol–water partition coefficient (Wildman–Crippen LogP) is 15.1. The van der Waals surface area contributed by atoms with Gasteiger partial charge in [-0.25, -0.2) is 4.98 Å². The van der Waals surface area contributed by atoms with Crippen LogP contribution in [0.4, 0.5) is 0 Å². The van der Waals surface area contributed by atoms with E-state index >= 15 is 0 Å². The number of thiophene rings is 1. The number of benzene rings is 9. The number of aromatic nitrogens is 1. The van der Waals surface area contributed by atoms with Crippen LogP contribution in [0.1, 0.15) is 22.3 Å². The smallest absolute Gasteiger partial charge is 0.0788 e. The molecular formula is C56H33NS. The summed E-state index contributed by atoms with van der Waals surface area (Å²) in [6, 6.07) is 74.2. The van der Waals surface area contributed by atoms with Gasteiger partial charge in [-0.15, -0.1) is 11.3 Å². The maximum absolute atomic E-state index is 5.50. The van der Waals surface area contributed by atoms with E-state index in [-0.39, 0.29) is 5.41 Å². The Morgan fingerprint density at radius 3 is 1.55 bits per heavy atom. The number of hydrogen-bond acceptors (Lipinski definition) is 2. The molecule has 9 aromatic carbocycles. The van der Waals surface area contributed by atoms with Crippen molar-refractivity contribution in [1.29, 1.82) is 0 Å². The molecule has 0 N–H and O–H groups in total. The van der Waals surface area contributed by atoms with Crippen LogP contribution in [0.5, 0.6) is 0 Å². The van der Waals surface area contributed by atoms with Gasteiger partial charge in [0.1, 0.15) is 0 Å². The van der Waals surface area contributed by atoms with Crippen LogP contribution in [0, 0.1) is 0 Å². The van der Waals surface area contributed by atoms with Crippen molar-refractivity contribution in [2.24, 2.45) is 0 Å². The van der Waals surface area contributed by atoms with E-state index in [9.17, 15) is 0 Å². The molecule has 1 nitrogen and oxygen atoms in total. The van der Waals surface area contributed by atoms with E-state index in [1.54, 1.807) is 0 Å². The number of pyridine rings is 1. The van der Waals surface area contributed by atoms with E-state index in [0.29, 0.717) is 0 Å². The molecule has 11 aromatic rings. The number of rotatable bonds is 3. The molecule has 2 aliphatic rings. The summed E-state index contributed by atoms with van der Waals surface area (Å²) in [6.45, 7) is 0. The third-order valence-corrected chi connectivity index (χ3v) is 14.0. The van der Waals surface area contributed by atoms with E-state index in [1.165, 1.54) is 97.5 Å². The second kappa shape index (κ2) is 11.9. The minimum absolute atomic E-state index is 0.386. The van der Waals surface area contributed by atoms with Crippen LogP contribution >= 0.6 is 11.3 Å². The molecule has 0 unspecified atom stereocenters. The Morgan fingerprint density at radius 2 is 0.862 bits per heavy atom. The number of hydrogen-bond donors (Lipinski definition) is 0. The first kappa shape index (κ1) is 32.0. The molecule has 0 saturated heterocycles. The fraction of sp³-hybridized carbons (Fsp3) is 0.0179. The van der Waals surface area contributed by atoms with Crippen molar-refractivity contribution >= 4 is 53.2 Å². The Balaban J connectivity index is 1.04. The Kier molecular flexibility index (Phi) is 6.59. The third-order valence-electron chi connectivity index (χ3n) is 12.9. The van der Waals surface area contributed by atoms with Gasteiger partial charge in [-0.05, 0) is 91.0 Å². The molecule has 0 atom stereocenters. The number of fused-ring (bicyclic) bond motifs is 17. The molecule has 58 heavy (non-hydrogen) atoms. The third kappa shape index (κ3) is 4.22. The van der Waals surface area contributed by atoms with Crippen LogP contribution in [0.15, 0.2) is 200 Å². The summed E-state index contributed by atoms with van der Waals surface area (Å²) in [5, 5.41) is 6.27. The average molecular weight is 752 g/mol. The zero-order valence-electron chi connectivity index (χ0n) is 31.4. The highest BCUT2D eigenvalue weighted by Gasteiger charge is 2.51. The Bertz CT molecular complexity index is 3450. The summed E-state index contributed by atoms with van der Waals surface area (Å²) in [6.07, 6.45) is 0. The Hall–Kier alpha value is -7.13. The topological polar surface area (TPSA) is 12.9 Å². The summed E-state index contributed by atoms with van der Waals surface area (Å²) < 4.78 is 2.62. The fourth-order valence-electron chi connectivity index (χ4n) is 10.5. The fourth-order valence-corrected chi connectivity index (χ4v) is 11.7. The first-order chi connectivity index (χ1) is 28.8. The summed E-state index contributed by atoms with van der Waals surface area (Å²) in [7, 11) is 0. The first-order valence-electron chi connectivity index (χ1n) is 20.0. The Morgan fingerprint density at radius 1 is 0.328 bits per heavy atom. The molecule has 0 amide bonds. The quantitative estimate of drug-likeness (QED) is 0.164. The summed E-state index contributed by atoms with van der Waals surface area (Å²) >= 11 is 1.87. The molecule has 0 bridgehead atoms. The van der Waals surface area contributed by atoms with Gasteiger partial charge in [-0.2, -0.15) is 0 Å². The van der Waals surface area contributed by atoms with E-state index in [2.05, 4.69) is 200 Å². The zero-order valence-corrected chi connectivity index (χ0v) is 32.2. The second-order valence-electron chi connectivity index (χ2n) is 15.7. The Labute approximate surface area is 340 Å². The average Bonchev–Trinajstić information content (AvgIpc) is 3.93. The van der Waals surface area contributed by atoms with Crippen molar-refractivity contribution < 1.29 is 0 Å². The van der Waals surface area contributed by atoms with Gasteiger partial charge >= 0.3 is 0 Å². The second-order valence-corrected chi connectivity index (χ2v) is 16.8. The highest BCUT2D eigenvalue weighted by molar-refractivity contribution is 7.26. The van der Waals surface area contributed by atoms with Gasteiger partial charge in [0, 0.05) is 41.9 Å². The monoisotopic (exact) mass is 751 g/mol. The van der Waals surface area contributed by atoms with Crippen molar-refractivity contribution in [3.8, 4) is 55.8 Å². The first-order valence-corrected chi connectivity index (χ1v) is 20.9. The van der Waals surface area contributed by atoms with E-state index < -0.39 is 0 Å². The van der Waals surface area contributed by atoms with Crippen molar-refractivity contribution in [3.63, 3.8) is 0 Å². The summed E-state index contributed by atoms with van der Waals surface area (Å²) in [5.74, 6) is 0. The standard InChI is InChI=1S/C56H33NS/c1-2-14-34(15-3-1)55-45-30-31-52-54(44-21-9-13-25-51(44)58-52)53(45)43-29-27-36(33-50(43)57-55)38-17-5-4-16-37(38)35-26-28-42-41-20-8-12-24-48(41)56(49(42)32-35)46-22-10-6-18-39(46)40-19-7-11-23-47(40)56/h1-33H. The number of nitrogens with zero attached hydrogens (tertiary/aromatic N) is 1. The van der Waals surface area contributed by atoms with Gasteiger partial charge in [0.25, 0.3) is 0 Å². The summed E-state index contributed by atoms with van der Waals surface area (Å²) in [5.41, 5.74) is 18.3. The maximum Gasteiger partial charge on any atom is 0.0788 e. The van der Waals surface area contributed by atoms with Gasteiger partial charge in [0.05, 0.1) is 16.6 Å². The maximum atomic E-state index is 5.50. The lowest BCUT2D eigenvalue weighted by molar-refractivity contribution is 0.794. The zero-order chi connectivity index (χ0) is 38.0. The molecule has 13 rings (SSSR count). The molecular weight excluding hydrogens is 719 g/mol. The SMILES string of the molecule is c1ccc(-c2nc3cc(-c4ccccc4-c4ccc5c(c4)C4(c6ccccc6-c6ccccc64)c4ccccc4-5)ccc3c3c2ccc2sc4ccccc4c23)cc1. The van der Waals surface area contributed by atoms with E-state index in [4.69, 9.17) is 4.98 Å². The van der Waals surface area contributed by atoms with Crippen molar-refractivity contribution in [2.75, 3.05) is 0 Å². The van der Waals surface area contributed by atoms with Crippen LogP contribution in [0.25, 0.3) is 97.6 Å². The van der Waals surface area contributed by atoms with Gasteiger partial charge < -0.3 is 0 Å². The molecule has 2 aromatic heterocycles.